The Hall–Kier alpha value is -3.17. The maximum atomic E-state index is 12.5. The van der Waals surface area contributed by atoms with Crippen LogP contribution in [0.4, 0.5) is 0 Å². The van der Waals surface area contributed by atoms with E-state index in [-0.39, 0.29) is 27.4 Å². The van der Waals surface area contributed by atoms with Crippen molar-refractivity contribution in [2.75, 3.05) is 14.2 Å². The molecule has 0 aliphatic rings. The number of hydrogen-bond donors (Lipinski definition) is 3. The van der Waals surface area contributed by atoms with Gasteiger partial charge in [-0.3, -0.25) is 4.79 Å². The lowest BCUT2D eigenvalue weighted by molar-refractivity contribution is 0.104. The summed E-state index contributed by atoms with van der Waals surface area (Å²) in [6, 6.07) is 11.7. The van der Waals surface area contributed by atoms with Crippen LogP contribution in [-0.2, 0) is 4.74 Å². The van der Waals surface area contributed by atoms with E-state index < -0.39 is 5.78 Å². The molecule has 154 valence electrons. The Labute approximate surface area is 179 Å². The molecule has 0 amide bonds. The Balaban J connectivity index is 0.000000749. The molecule has 0 radical (unpaired) electrons. The molecule has 0 spiro atoms. The molecule has 0 heterocycles. The van der Waals surface area contributed by atoms with Crippen LogP contribution in [0.1, 0.15) is 21.5 Å². The minimum atomic E-state index is -0.418. The molecule has 2 aromatic rings. The molecule has 0 unspecified atom stereocenters. The first kappa shape index (κ1) is 23.9. The van der Waals surface area contributed by atoms with E-state index in [2.05, 4.69) is 17.0 Å². The zero-order valence-corrected chi connectivity index (χ0v) is 17.8. The summed E-state index contributed by atoms with van der Waals surface area (Å²) >= 11 is 8.96. The Morgan fingerprint density at radius 2 is 1.62 bits per heavy atom. The van der Waals surface area contributed by atoms with Gasteiger partial charge in [0.2, 0.25) is 0 Å². The van der Waals surface area contributed by atoms with Gasteiger partial charge in [-0.1, -0.05) is 11.6 Å². The van der Waals surface area contributed by atoms with Crippen LogP contribution >= 0.6 is 24.4 Å². The third kappa shape index (κ3) is 8.16. The third-order valence-corrected chi connectivity index (χ3v) is 3.72. The summed E-state index contributed by atoms with van der Waals surface area (Å²) in [5.41, 5.74) is 11.8. The van der Waals surface area contributed by atoms with E-state index in [1.807, 2.05) is 6.92 Å². The van der Waals surface area contributed by atoms with E-state index in [1.54, 1.807) is 49.6 Å². The van der Waals surface area contributed by atoms with Crippen molar-refractivity contribution < 1.29 is 24.1 Å². The van der Waals surface area contributed by atoms with Gasteiger partial charge in [0.25, 0.3) is 10.3 Å². The summed E-state index contributed by atoms with van der Waals surface area (Å²) in [6.45, 7) is 1.84. The Bertz CT molecular complexity index is 912. The number of aryl methyl sites for hydroxylation is 1. The number of aliphatic hydroxyl groups is 1. The average Bonchev–Trinajstić information content (AvgIpc) is 2.69. The van der Waals surface area contributed by atoms with Gasteiger partial charge in [0, 0.05) is 11.6 Å². The Morgan fingerprint density at radius 1 is 1.03 bits per heavy atom. The lowest BCUT2D eigenvalue weighted by atomic mass is 10.0. The second-order valence-corrected chi connectivity index (χ2v) is 6.37. The van der Waals surface area contributed by atoms with Crippen molar-refractivity contribution in [3.8, 4) is 11.5 Å². The summed E-state index contributed by atoms with van der Waals surface area (Å²) < 4.78 is 14.5. The molecule has 0 saturated heterocycles. The highest BCUT2D eigenvalue weighted by Crippen LogP contribution is 2.23. The average molecular weight is 435 g/mol. The van der Waals surface area contributed by atoms with Crippen LogP contribution < -0.4 is 20.9 Å². The number of aliphatic hydroxyl groups excluding tert-OH is 1. The van der Waals surface area contributed by atoms with E-state index >= 15 is 0 Å². The number of methoxy groups -OCH3 is 2. The standard InChI is InChI=1S/C18H17NO4S.C2H5NOS/c1-11-3-8-17(23-18(19)24)14(9-11)16(21)10-15(20)12-4-6-13(22-2)7-5-12;1-4-2(3)5/h3-10,20H,1-2H3,(H2,19,24);1H3,(H2,3,5). The van der Waals surface area contributed by atoms with Crippen LogP contribution in [0, 0.1) is 6.92 Å². The molecular weight excluding hydrogens is 412 g/mol. The molecule has 0 bridgehead atoms. The van der Waals surface area contributed by atoms with Gasteiger partial charge >= 0.3 is 0 Å². The number of rotatable bonds is 5. The SMILES string of the molecule is COC(N)=S.COc1ccc(C(O)=CC(=O)c2cc(C)ccc2OC(N)=S)cc1. The van der Waals surface area contributed by atoms with Gasteiger partial charge in [-0.25, -0.2) is 0 Å². The summed E-state index contributed by atoms with van der Waals surface area (Å²) in [7, 11) is 2.98. The number of carbonyl (C=O) groups is 1. The zero-order valence-electron chi connectivity index (χ0n) is 16.2. The number of benzene rings is 2. The fourth-order valence-electron chi connectivity index (χ4n) is 2.08. The van der Waals surface area contributed by atoms with Crippen molar-refractivity contribution in [3.05, 3.63) is 65.2 Å². The van der Waals surface area contributed by atoms with Gasteiger partial charge in [0.15, 0.2) is 5.78 Å². The predicted octanol–water partition coefficient (Wildman–Crippen LogP) is 3.28. The maximum Gasteiger partial charge on any atom is 0.259 e. The van der Waals surface area contributed by atoms with Crippen molar-refractivity contribution in [1.29, 1.82) is 0 Å². The van der Waals surface area contributed by atoms with E-state index in [0.717, 1.165) is 11.6 Å². The number of ether oxygens (including phenoxy) is 3. The molecule has 0 aliphatic heterocycles. The molecule has 7 nitrogen and oxygen atoms in total. The molecule has 0 aliphatic carbocycles. The predicted molar refractivity (Wildman–Crippen MR) is 120 cm³/mol. The third-order valence-electron chi connectivity index (χ3n) is 3.47. The van der Waals surface area contributed by atoms with Crippen LogP contribution in [-0.4, -0.2) is 35.5 Å². The maximum absolute atomic E-state index is 12.5. The van der Waals surface area contributed by atoms with Gasteiger partial charge in [-0.15, -0.1) is 0 Å². The first-order valence-electron chi connectivity index (χ1n) is 8.18. The number of ketones is 1. The number of hydrogen-bond acceptors (Lipinski definition) is 7. The zero-order chi connectivity index (χ0) is 22.0. The van der Waals surface area contributed by atoms with Gasteiger partial charge in [0.05, 0.1) is 19.8 Å². The van der Waals surface area contributed by atoms with E-state index in [0.29, 0.717) is 11.3 Å². The van der Waals surface area contributed by atoms with Gasteiger partial charge in [-0.05, 0) is 67.8 Å². The second kappa shape index (κ2) is 11.6. The molecule has 0 saturated carbocycles. The number of thiocarbonyl (C=S) groups is 2. The Kier molecular flexibility index (Phi) is 9.57. The lowest BCUT2D eigenvalue weighted by Crippen LogP contribution is -2.17. The van der Waals surface area contributed by atoms with Crippen LogP contribution in [0.5, 0.6) is 11.5 Å². The minimum Gasteiger partial charge on any atom is -0.507 e. The quantitative estimate of drug-likeness (QED) is 0.282. The molecule has 29 heavy (non-hydrogen) atoms. The number of allylic oxidation sites excluding steroid dienone is 1. The first-order valence-corrected chi connectivity index (χ1v) is 9.00. The van der Waals surface area contributed by atoms with Crippen molar-refractivity contribution >= 4 is 46.3 Å². The highest BCUT2D eigenvalue weighted by Gasteiger charge is 2.14. The van der Waals surface area contributed by atoms with Gasteiger partial charge < -0.3 is 30.8 Å². The van der Waals surface area contributed by atoms with Gasteiger partial charge in [0.1, 0.15) is 17.3 Å². The molecule has 9 heteroatoms. The van der Waals surface area contributed by atoms with Crippen molar-refractivity contribution in [3.63, 3.8) is 0 Å². The smallest absolute Gasteiger partial charge is 0.259 e. The topological polar surface area (TPSA) is 117 Å². The van der Waals surface area contributed by atoms with E-state index in [9.17, 15) is 9.90 Å². The van der Waals surface area contributed by atoms with Crippen molar-refractivity contribution in [1.82, 2.24) is 0 Å². The highest BCUT2D eigenvalue weighted by molar-refractivity contribution is 7.80. The summed E-state index contributed by atoms with van der Waals surface area (Å²) in [5, 5.41) is 10.1. The summed E-state index contributed by atoms with van der Waals surface area (Å²) in [5.74, 6) is 0.323. The fraction of sp³-hybridized carbons (Fsp3) is 0.150. The van der Waals surface area contributed by atoms with Crippen LogP contribution in [0.15, 0.2) is 48.5 Å². The van der Waals surface area contributed by atoms with Crippen LogP contribution in [0.2, 0.25) is 0 Å². The van der Waals surface area contributed by atoms with Crippen LogP contribution in [0.3, 0.4) is 0 Å². The largest absolute Gasteiger partial charge is 0.507 e. The van der Waals surface area contributed by atoms with E-state index in [4.69, 9.17) is 33.2 Å². The molecule has 2 aromatic carbocycles. The highest BCUT2D eigenvalue weighted by atomic mass is 32.1. The lowest BCUT2D eigenvalue weighted by Gasteiger charge is -2.09. The van der Waals surface area contributed by atoms with E-state index in [1.165, 1.54) is 7.11 Å². The van der Waals surface area contributed by atoms with Gasteiger partial charge in [-0.2, -0.15) is 0 Å². The molecule has 5 N–H and O–H groups in total. The van der Waals surface area contributed by atoms with Crippen LogP contribution in [0.25, 0.3) is 5.76 Å². The summed E-state index contributed by atoms with van der Waals surface area (Å²) in [6.07, 6.45) is 1.13. The first-order chi connectivity index (χ1) is 13.7. The Morgan fingerprint density at radius 3 is 2.10 bits per heavy atom. The summed E-state index contributed by atoms with van der Waals surface area (Å²) in [4.78, 5) is 12.5. The molecule has 2 rings (SSSR count). The fourth-order valence-corrected chi connectivity index (χ4v) is 2.17. The van der Waals surface area contributed by atoms with Crippen molar-refractivity contribution in [2.45, 2.75) is 6.92 Å². The normalized spacial score (nSPS) is 10.2. The molecule has 0 aromatic heterocycles. The molecule has 0 atom stereocenters. The minimum absolute atomic E-state index is 0.0880. The molecular formula is C20H22N2O5S2. The second-order valence-electron chi connectivity index (χ2n) is 5.57. The van der Waals surface area contributed by atoms with Crippen molar-refractivity contribution in [2.24, 2.45) is 11.5 Å². The number of carbonyl (C=O) groups excluding carboxylic acids is 1. The number of nitrogens with two attached hydrogens (primary N) is 2. The monoisotopic (exact) mass is 434 g/mol. The molecule has 0 fully saturated rings.